The molecule has 1 unspecified atom stereocenters. The van der Waals surface area contributed by atoms with E-state index in [2.05, 4.69) is 59.1 Å². The van der Waals surface area contributed by atoms with Crippen LogP contribution in [0, 0.1) is 13.8 Å². The predicted octanol–water partition coefficient (Wildman–Crippen LogP) is 3.52. The number of aromatic nitrogens is 2. The van der Waals surface area contributed by atoms with Crippen LogP contribution < -0.4 is 5.73 Å². The minimum Gasteiger partial charge on any atom is -0.324 e. The Bertz CT molecular complexity index is 575. The fourth-order valence-electron chi connectivity index (χ4n) is 2.33. The van der Waals surface area contributed by atoms with Crippen LogP contribution in [-0.4, -0.2) is 9.78 Å². The van der Waals surface area contributed by atoms with Gasteiger partial charge in [-0.15, -0.1) is 0 Å². The molecular weight excluding hydrogens is 302 g/mol. The zero-order valence-corrected chi connectivity index (χ0v) is 13.2. The molecule has 0 fully saturated rings. The van der Waals surface area contributed by atoms with Gasteiger partial charge in [0.15, 0.2) is 0 Å². The first-order valence-corrected chi connectivity index (χ1v) is 7.36. The van der Waals surface area contributed by atoms with E-state index in [9.17, 15) is 0 Å². The Morgan fingerprint density at radius 2 is 2.11 bits per heavy atom. The molecule has 0 aliphatic heterocycles. The molecule has 3 nitrogen and oxygen atoms in total. The first-order valence-electron chi connectivity index (χ1n) is 6.56. The van der Waals surface area contributed by atoms with E-state index < -0.39 is 0 Å². The van der Waals surface area contributed by atoms with Crippen LogP contribution in [0.25, 0.3) is 0 Å². The Kier molecular flexibility index (Phi) is 4.42. The van der Waals surface area contributed by atoms with Gasteiger partial charge in [-0.25, -0.2) is 0 Å². The zero-order chi connectivity index (χ0) is 14.0. The minimum atomic E-state index is -0.0179. The molecule has 0 aliphatic rings. The van der Waals surface area contributed by atoms with Gasteiger partial charge in [0.25, 0.3) is 0 Å². The summed E-state index contributed by atoms with van der Waals surface area (Å²) in [7, 11) is 0. The topological polar surface area (TPSA) is 43.8 Å². The van der Waals surface area contributed by atoms with E-state index in [1.165, 1.54) is 11.3 Å². The summed E-state index contributed by atoms with van der Waals surface area (Å²) >= 11 is 3.63. The van der Waals surface area contributed by atoms with Gasteiger partial charge in [-0.2, -0.15) is 5.10 Å². The quantitative estimate of drug-likeness (QED) is 0.936. The van der Waals surface area contributed by atoms with E-state index in [0.717, 1.165) is 28.7 Å². The van der Waals surface area contributed by atoms with Crippen molar-refractivity contribution in [2.24, 2.45) is 5.73 Å². The third-order valence-corrected chi connectivity index (χ3v) is 4.42. The number of nitrogens with two attached hydrogens (primary N) is 1. The number of benzene rings is 1. The highest BCUT2D eigenvalue weighted by molar-refractivity contribution is 9.10. The van der Waals surface area contributed by atoms with Crippen molar-refractivity contribution in [3.05, 3.63) is 51.3 Å². The van der Waals surface area contributed by atoms with Gasteiger partial charge < -0.3 is 5.73 Å². The van der Waals surface area contributed by atoms with Crippen molar-refractivity contribution in [2.45, 2.75) is 39.8 Å². The molecule has 2 aromatic rings. The predicted molar refractivity (Wildman–Crippen MR) is 82.1 cm³/mol. The van der Waals surface area contributed by atoms with Crippen molar-refractivity contribution in [3.63, 3.8) is 0 Å². The van der Waals surface area contributed by atoms with Gasteiger partial charge in [0.1, 0.15) is 0 Å². The van der Waals surface area contributed by atoms with E-state index in [1.54, 1.807) is 0 Å². The Labute approximate surface area is 122 Å². The van der Waals surface area contributed by atoms with Gasteiger partial charge in [0.2, 0.25) is 0 Å². The summed E-state index contributed by atoms with van der Waals surface area (Å²) in [6.07, 6.45) is 0.802. The van der Waals surface area contributed by atoms with E-state index >= 15 is 0 Å². The maximum atomic E-state index is 6.36. The summed E-state index contributed by atoms with van der Waals surface area (Å²) in [6, 6.07) is 8.32. The number of hydrogen-bond donors (Lipinski definition) is 1. The van der Waals surface area contributed by atoms with Gasteiger partial charge in [0, 0.05) is 29.2 Å². The molecule has 0 aliphatic carbocycles. The van der Waals surface area contributed by atoms with Crippen molar-refractivity contribution < 1.29 is 0 Å². The molecule has 1 atom stereocenters. The summed E-state index contributed by atoms with van der Waals surface area (Å²) in [5.41, 5.74) is 11.0. The molecular formula is C15H20BrN3. The molecule has 1 aromatic carbocycles. The summed E-state index contributed by atoms with van der Waals surface area (Å²) < 4.78 is 3.14. The zero-order valence-electron chi connectivity index (χ0n) is 11.7. The van der Waals surface area contributed by atoms with Crippen LogP contribution in [-0.2, 0) is 13.0 Å². The van der Waals surface area contributed by atoms with Crippen molar-refractivity contribution in [1.82, 2.24) is 9.78 Å². The summed E-state index contributed by atoms with van der Waals surface area (Å²) in [4.78, 5) is 0. The molecule has 4 heteroatoms. The van der Waals surface area contributed by atoms with Gasteiger partial charge in [-0.1, -0.05) is 34.1 Å². The third kappa shape index (κ3) is 3.07. The summed E-state index contributed by atoms with van der Waals surface area (Å²) in [5.74, 6) is 0. The molecule has 2 rings (SSSR count). The van der Waals surface area contributed by atoms with Crippen molar-refractivity contribution in [2.75, 3.05) is 0 Å². The normalized spacial score (nSPS) is 12.7. The second-order valence-corrected chi connectivity index (χ2v) is 5.67. The van der Waals surface area contributed by atoms with E-state index in [0.29, 0.717) is 0 Å². The molecule has 0 amide bonds. The lowest BCUT2D eigenvalue weighted by Crippen LogP contribution is -2.16. The smallest absolute Gasteiger partial charge is 0.0596 e. The highest BCUT2D eigenvalue weighted by Gasteiger charge is 2.14. The van der Waals surface area contributed by atoms with Gasteiger partial charge in [-0.05, 0) is 38.0 Å². The Balaban J connectivity index is 2.25. The van der Waals surface area contributed by atoms with Crippen molar-refractivity contribution >= 4 is 15.9 Å². The van der Waals surface area contributed by atoms with Crippen LogP contribution in [0.4, 0.5) is 0 Å². The van der Waals surface area contributed by atoms with Crippen LogP contribution >= 0.6 is 15.9 Å². The lowest BCUT2D eigenvalue weighted by molar-refractivity contribution is 0.586. The molecule has 0 saturated heterocycles. The number of nitrogens with zero attached hydrogens (tertiary/aromatic N) is 2. The lowest BCUT2D eigenvalue weighted by atomic mass is 10.0. The first-order chi connectivity index (χ1) is 9.02. The average Bonchev–Trinajstić information content (AvgIpc) is 2.72. The van der Waals surface area contributed by atoms with Crippen LogP contribution in [0.1, 0.15) is 35.5 Å². The van der Waals surface area contributed by atoms with E-state index in [-0.39, 0.29) is 6.04 Å². The van der Waals surface area contributed by atoms with Crippen LogP contribution in [0.15, 0.2) is 28.7 Å². The average molecular weight is 322 g/mol. The molecule has 0 radical (unpaired) electrons. The molecule has 2 N–H and O–H groups in total. The van der Waals surface area contributed by atoms with Crippen LogP contribution in [0.5, 0.6) is 0 Å². The van der Waals surface area contributed by atoms with E-state index in [1.807, 2.05) is 11.6 Å². The first kappa shape index (κ1) is 14.3. The van der Waals surface area contributed by atoms with Crippen LogP contribution in [0.3, 0.4) is 0 Å². The molecule has 0 bridgehead atoms. The highest BCUT2D eigenvalue weighted by atomic mass is 79.9. The largest absolute Gasteiger partial charge is 0.324 e. The molecule has 19 heavy (non-hydrogen) atoms. The fraction of sp³-hybridized carbons (Fsp3) is 0.400. The summed E-state index contributed by atoms with van der Waals surface area (Å²) in [5, 5.41) is 4.47. The van der Waals surface area contributed by atoms with Crippen molar-refractivity contribution in [3.8, 4) is 0 Å². The second-order valence-electron chi connectivity index (χ2n) is 4.88. The highest BCUT2D eigenvalue weighted by Crippen LogP contribution is 2.27. The number of aryl methyl sites for hydroxylation is 3. The van der Waals surface area contributed by atoms with Gasteiger partial charge in [-0.3, -0.25) is 4.68 Å². The SMILES string of the molecule is CCn1nc(C)cc1CC(N)c1cccc(C)c1Br. The van der Waals surface area contributed by atoms with Crippen LogP contribution in [0.2, 0.25) is 0 Å². The number of hydrogen-bond acceptors (Lipinski definition) is 2. The van der Waals surface area contributed by atoms with E-state index in [4.69, 9.17) is 5.73 Å². The Morgan fingerprint density at radius 1 is 1.37 bits per heavy atom. The standard InChI is InChI=1S/C15H20BrN3/c1-4-19-12(8-11(3)18-19)9-14(17)13-7-5-6-10(2)15(13)16/h5-8,14H,4,9,17H2,1-3H3. The monoisotopic (exact) mass is 321 g/mol. The number of rotatable bonds is 4. The molecule has 0 spiro atoms. The molecule has 0 saturated carbocycles. The summed E-state index contributed by atoms with van der Waals surface area (Å²) in [6.45, 7) is 7.08. The Morgan fingerprint density at radius 3 is 2.79 bits per heavy atom. The maximum absolute atomic E-state index is 6.36. The third-order valence-electron chi connectivity index (χ3n) is 3.34. The molecule has 1 heterocycles. The van der Waals surface area contributed by atoms with Gasteiger partial charge >= 0.3 is 0 Å². The van der Waals surface area contributed by atoms with Gasteiger partial charge in [0.05, 0.1) is 5.69 Å². The molecule has 1 aromatic heterocycles. The maximum Gasteiger partial charge on any atom is 0.0596 e. The fourth-order valence-corrected chi connectivity index (χ4v) is 2.89. The second kappa shape index (κ2) is 5.88. The minimum absolute atomic E-state index is 0.0179. The number of halogens is 1. The Hall–Kier alpha value is -1.13. The molecule has 102 valence electrons. The van der Waals surface area contributed by atoms with Crippen molar-refractivity contribution in [1.29, 1.82) is 0 Å². The lowest BCUT2D eigenvalue weighted by Gasteiger charge is -2.15.